The fraction of sp³-hybridized carbons (Fsp3) is 0.200. The first-order valence-electron chi connectivity index (χ1n) is 6.40. The van der Waals surface area contributed by atoms with Crippen LogP contribution in [0.4, 0.5) is 4.39 Å². The van der Waals surface area contributed by atoms with Gasteiger partial charge in [-0.05, 0) is 29.7 Å². The van der Waals surface area contributed by atoms with E-state index in [1.165, 1.54) is 6.07 Å². The van der Waals surface area contributed by atoms with Crippen molar-refractivity contribution in [2.75, 3.05) is 6.54 Å². The summed E-state index contributed by atoms with van der Waals surface area (Å²) >= 11 is 5.61. The zero-order valence-electron chi connectivity index (χ0n) is 11.4. The summed E-state index contributed by atoms with van der Waals surface area (Å²) in [7, 11) is -3.70. The Morgan fingerprint density at radius 1 is 1.19 bits per heavy atom. The van der Waals surface area contributed by atoms with Crippen LogP contribution in [0.5, 0.6) is 0 Å². The molecule has 6 heteroatoms. The van der Waals surface area contributed by atoms with Crippen LogP contribution in [0, 0.1) is 5.82 Å². The van der Waals surface area contributed by atoms with Gasteiger partial charge in [-0.15, -0.1) is 0 Å². The highest BCUT2D eigenvalue weighted by Gasteiger charge is 2.17. The van der Waals surface area contributed by atoms with E-state index in [2.05, 4.69) is 4.72 Å². The molecule has 0 bridgehead atoms. The van der Waals surface area contributed by atoms with Crippen LogP contribution >= 0.6 is 11.6 Å². The third-order valence-corrected chi connectivity index (χ3v) is 4.86. The van der Waals surface area contributed by atoms with Gasteiger partial charge in [-0.1, -0.05) is 48.9 Å². The van der Waals surface area contributed by atoms with E-state index in [0.717, 1.165) is 17.7 Å². The van der Waals surface area contributed by atoms with Crippen LogP contribution in [-0.2, 0) is 10.0 Å². The lowest BCUT2D eigenvalue weighted by molar-refractivity contribution is 0.574. The number of hydrogen-bond acceptors (Lipinski definition) is 2. The van der Waals surface area contributed by atoms with Crippen molar-refractivity contribution >= 4 is 21.6 Å². The highest BCUT2D eigenvalue weighted by molar-refractivity contribution is 7.89. The lowest BCUT2D eigenvalue weighted by Crippen LogP contribution is -2.27. The van der Waals surface area contributed by atoms with Crippen molar-refractivity contribution in [1.82, 2.24) is 4.72 Å². The average molecular weight is 328 g/mol. The smallest absolute Gasteiger partial charge is 0.211 e. The first-order chi connectivity index (χ1) is 9.90. The fourth-order valence-electron chi connectivity index (χ4n) is 1.86. The first kappa shape index (κ1) is 15.9. The summed E-state index contributed by atoms with van der Waals surface area (Å²) in [6, 6.07) is 12.9. The van der Waals surface area contributed by atoms with Crippen molar-refractivity contribution in [3.63, 3.8) is 0 Å². The van der Waals surface area contributed by atoms with Crippen molar-refractivity contribution in [3.8, 4) is 0 Å². The van der Waals surface area contributed by atoms with Gasteiger partial charge in [0.05, 0.1) is 9.92 Å². The maximum atomic E-state index is 13.1. The quantitative estimate of drug-likeness (QED) is 0.912. The molecule has 0 unspecified atom stereocenters. The topological polar surface area (TPSA) is 46.2 Å². The van der Waals surface area contributed by atoms with Crippen LogP contribution in [-0.4, -0.2) is 15.0 Å². The van der Waals surface area contributed by atoms with Crippen molar-refractivity contribution in [2.45, 2.75) is 17.7 Å². The van der Waals surface area contributed by atoms with Crippen LogP contribution in [0.3, 0.4) is 0 Å². The lowest BCUT2D eigenvalue weighted by Gasteiger charge is -2.13. The Labute approximate surface area is 128 Å². The zero-order valence-corrected chi connectivity index (χ0v) is 13.0. The molecular weight excluding hydrogens is 313 g/mol. The molecule has 1 N–H and O–H groups in total. The lowest BCUT2D eigenvalue weighted by atomic mass is 10.0. The zero-order chi connectivity index (χ0) is 15.5. The molecule has 0 saturated heterocycles. The Balaban J connectivity index is 2.09. The predicted molar refractivity (Wildman–Crippen MR) is 81.5 cm³/mol. The minimum Gasteiger partial charge on any atom is -0.211 e. The normalized spacial score (nSPS) is 13.1. The standard InChI is InChI=1S/C15H15ClFNO2S/c1-11(12-5-3-2-4-6-12)10-18-21(19,20)13-7-8-15(17)14(16)9-13/h2-9,11,18H,10H2,1H3/t11-/m0/s1. The Morgan fingerprint density at radius 2 is 1.86 bits per heavy atom. The van der Waals surface area contributed by atoms with Crippen LogP contribution < -0.4 is 4.72 Å². The van der Waals surface area contributed by atoms with Gasteiger partial charge < -0.3 is 0 Å². The largest absolute Gasteiger partial charge is 0.240 e. The summed E-state index contributed by atoms with van der Waals surface area (Å²) in [5, 5.41) is -0.214. The number of nitrogens with one attached hydrogen (secondary N) is 1. The molecule has 112 valence electrons. The van der Waals surface area contributed by atoms with Gasteiger partial charge in [0.15, 0.2) is 0 Å². The summed E-state index contributed by atoms with van der Waals surface area (Å²) in [5.74, 6) is -0.620. The molecule has 0 aliphatic heterocycles. The third kappa shape index (κ3) is 4.03. The second kappa shape index (κ2) is 6.56. The van der Waals surface area contributed by atoms with Crippen molar-refractivity contribution in [2.24, 2.45) is 0 Å². The van der Waals surface area contributed by atoms with E-state index in [1.54, 1.807) is 0 Å². The van der Waals surface area contributed by atoms with Crippen molar-refractivity contribution < 1.29 is 12.8 Å². The van der Waals surface area contributed by atoms with Gasteiger partial charge in [0.2, 0.25) is 10.0 Å². The van der Waals surface area contributed by atoms with E-state index in [4.69, 9.17) is 11.6 Å². The molecule has 0 aliphatic carbocycles. The van der Waals surface area contributed by atoms with E-state index in [-0.39, 0.29) is 22.4 Å². The SMILES string of the molecule is C[C@@H](CNS(=O)(=O)c1ccc(F)c(Cl)c1)c1ccccc1. The molecule has 0 spiro atoms. The summed E-state index contributed by atoms with van der Waals surface area (Å²) in [4.78, 5) is -0.0471. The van der Waals surface area contributed by atoms with Gasteiger partial charge in [0.1, 0.15) is 5.82 Å². The maximum absolute atomic E-state index is 13.1. The van der Waals surface area contributed by atoms with E-state index >= 15 is 0 Å². The molecule has 3 nitrogen and oxygen atoms in total. The Kier molecular flexibility index (Phi) is 4.98. The molecule has 2 aromatic rings. The molecule has 0 aromatic heterocycles. The van der Waals surface area contributed by atoms with Crippen molar-refractivity contribution in [1.29, 1.82) is 0 Å². The number of benzene rings is 2. The maximum Gasteiger partial charge on any atom is 0.240 e. The van der Waals surface area contributed by atoms with Gasteiger partial charge >= 0.3 is 0 Å². The summed E-state index contributed by atoms with van der Waals surface area (Å²) in [6.45, 7) is 2.18. The van der Waals surface area contributed by atoms with Crippen molar-refractivity contribution in [3.05, 3.63) is 64.9 Å². The molecule has 0 radical (unpaired) electrons. The minimum atomic E-state index is -3.70. The fourth-order valence-corrected chi connectivity index (χ4v) is 3.26. The Hall–Kier alpha value is -1.43. The van der Waals surface area contributed by atoms with Gasteiger partial charge in [-0.25, -0.2) is 17.5 Å². The average Bonchev–Trinajstić information content (AvgIpc) is 2.48. The monoisotopic (exact) mass is 327 g/mol. The predicted octanol–water partition coefficient (Wildman–Crippen LogP) is 3.56. The molecule has 1 atom stereocenters. The molecule has 2 rings (SSSR count). The first-order valence-corrected chi connectivity index (χ1v) is 8.26. The molecule has 0 heterocycles. The second-order valence-electron chi connectivity index (χ2n) is 4.74. The molecule has 0 amide bonds. The molecule has 0 saturated carbocycles. The van der Waals surface area contributed by atoms with Crippen LogP contribution in [0.1, 0.15) is 18.4 Å². The summed E-state index contributed by atoms with van der Waals surface area (Å²) in [6.07, 6.45) is 0. The number of rotatable bonds is 5. The molecule has 21 heavy (non-hydrogen) atoms. The summed E-state index contributed by atoms with van der Waals surface area (Å²) in [5.41, 5.74) is 1.04. The van der Waals surface area contributed by atoms with Crippen LogP contribution in [0.15, 0.2) is 53.4 Å². The van der Waals surface area contributed by atoms with Crippen LogP contribution in [0.2, 0.25) is 5.02 Å². The molecular formula is C15H15ClFNO2S. The highest BCUT2D eigenvalue weighted by atomic mass is 35.5. The molecule has 0 fully saturated rings. The van der Waals surface area contributed by atoms with E-state index in [1.807, 2.05) is 37.3 Å². The second-order valence-corrected chi connectivity index (χ2v) is 6.91. The van der Waals surface area contributed by atoms with E-state index in [0.29, 0.717) is 0 Å². The van der Waals surface area contributed by atoms with E-state index < -0.39 is 15.8 Å². The molecule has 0 aliphatic rings. The van der Waals surface area contributed by atoms with E-state index in [9.17, 15) is 12.8 Å². The van der Waals surface area contributed by atoms with Gasteiger partial charge in [-0.3, -0.25) is 0 Å². The summed E-state index contributed by atoms with van der Waals surface area (Å²) < 4.78 is 39.9. The third-order valence-electron chi connectivity index (χ3n) is 3.15. The number of sulfonamides is 1. The Bertz CT molecular complexity index is 720. The van der Waals surface area contributed by atoms with Gasteiger partial charge in [0, 0.05) is 6.54 Å². The Morgan fingerprint density at radius 3 is 2.48 bits per heavy atom. The molecule has 2 aromatic carbocycles. The highest BCUT2D eigenvalue weighted by Crippen LogP contribution is 2.20. The van der Waals surface area contributed by atoms with Crippen LogP contribution in [0.25, 0.3) is 0 Å². The van der Waals surface area contributed by atoms with Gasteiger partial charge in [-0.2, -0.15) is 0 Å². The minimum absolute atomic E-state index is 0.0249. The number of hydrogen-bond donors (Lipinski definition) is 1. The van der Waals surface area contributed by atoms with Gasteiger partial charge in [0.25, 0.3) is 0 Å². The number of halogens is 2.